The minimum atomic E-state index is 0.365. The van der Waals surface area contributed by atoms with Gasteiger partial charge in [-0.05, 0) is 42.3 Å². The number of hydrogen-bond acceptors (Lipinski definition) is 2. The van der Waals surface area contributed by atoms with Crippen LogP contribution < -0.4 is 10.6 Å². The fourth-order valence-corrected chi connectivity index (χ4v) is 3.26. The Balaban J connectivity index is 2.24. The van der Waals surface area contributed by atoms with Crippen LogP contribution in [-0.4, -0.2) is 19.6 Å². The van der Waals surface area contributed by atoms with Crippen molar-refractivity contribution in [2.24, 2.45) is 17.1 Å². The van der Waals surface area contributed by atoms with Crippen LogP contribution in [0.15, 0.2) is 18.2 Å². The van der Waals surface area contributed by atoms with Crippen molar-refractivity contribution in [3.05, 3.63) is 28.8 Å². The van der Waals surface area contributed by atoms with E-state index in [0.717, 1.165) is 30.5 Å². The minimum Gasteiger partial charge on any atom is -0.370 e. The van der Waals surface area contributed by atoms with E-state index in [2.05, 4.69) is 31.7 Å². The summed E-state index contributed by atoms with van der Waals surface area (Å²) in [7, 11) is 0. The molecular weight excluding hydrogens is 256 g/mol. The fraction of sp³-hybridized carbons (Fsp3) is 0.625. The zero-order valence-electron chi connectivity index (χ0n) is 12.2. The zero-order chi connectivity index (χ0) is 14.0. The Hall–Kier alpha value is -0.730. The number of halogens is 1. The molecule has 1 unspecified atom stereocenters. The number of para-hydroxylation sites is 1. The summed E-state index contributed by atoms with van der Waals surface area (Å²) in [5, 5.41) is 0.862. The Kier molecular flexibility index (Phi) is 4.42. The average molecular weight is 281 g/mol. The van der Waals surface area contributed by atoms with E-state index >= 15 is 0 Å². The maximum absolute atomic E-state index is 6.42. The number of nitrogens with two attached hydrogens (primary N) is 1. The normalized spacial score (nSPS) is 20.1. The van der Waals surface area contributed by atoms with E-state index in [1.165, 1.54) is 17.7 Å². The molecular formula is C16H25ClN2. The summed E-state index contributed by atoms with van der Waals surface area (Å²) in [6.07, 6.45) is 2.14. The topological polar surface area (TPSA) is 29.3 Å². The highest BCUT2D eigenvalue weighted by atomic mass is 35.5. The Bertz CT molecular complexity index is 437. The lowest BCUT2D eigenvalue weighted by atomic mass is 9.80. The van der Waals surface area contributed by atoms with E-state index in [4.69, 9.17) is 17.3 Å². The quantitative estimate of drug-likeness (QED) is 0.914. The second-order valence-electron chi connectivity index (χ2n) is 6.58. The summed E-state index contributed by atoms with van der Waals surface area (Å²) in [6, 6.07) is 6.16. The van der Waals surface area contributed by atoms with E-state index in [-0.39, 0.29) is 0 Å². The molecule has 106 valence electrons. The predicted octanol–water partition coefficient (Wildman–Crippen LogP) is 3.71. The molecule has 0 aliphatic carbocycles. The van der Waals surface area contributed by atoms with Crippen LogP contribution in [0.2, 0.25) is 5.02 Å². The van der Waals surface area contributed by atoms with Crippen LogP contribution in [-0.2, 0) is 6.42 Å². The van der Waals surface area contributed by atoms with Gasteiger partial charge in [0, 0.05) is 13.1 Å². The number of nitrogens with zero attached hydrogens (tertiary/aromatic N) is 1. The molecule has 1 saturated heterocycles. The molecule has 0 saturated carbocycles. The molecule has 1 aromatic carbocycles. The van der Waals surface area contributed by atoms with Crippen molar-refractivity contribution < 1.29 is 0 Å². The van der Waals surface area contributed by atoms with Crippen molar-refractivity contribution in [3.8, 4) is 0 Å². The standard InChI is InChI=1S/C16H25ClN2/c1-16(2,3)13-8-10-19(11-13)15-12(7-9-18)5-4-6-14(15)17/h4-6,13H,7-11,18H2,1-3H3. The zero-order valence-corrected chi connectivity index (χ0v) is 13.0. The Morgan fingerprint density at radius 2 is 2.11 bits per heavy atom. The van der Waals surface area contributed by atoms with Crippen molar-refractivity contribution in [1.29, 1.82) is 0 Å². The SMILES string of the molecule is CC(C)(C)C1CCN(c2c(Cl)cccc2CCN)C1. The monoisotopic (exact) mass is 280 g/mol. The summed E-state index contributed by atoms with van der Waals surface area (Å²) < 4.78 is 0. The Morgan fingerprint density at radius 1 is 1.37 bits per heavy atom. The maximum atomic E-state index is 6.42. The lowest BCUT2D eigenvalue weighted by molar-refractivity contribution is 0.263. The molecule has 1 atom stereocenters. The van der Waals surface area contributed by atoms with Gasteiger partial charge in [-0.15, -0.1) is 0 Å². The van der Waals surface area contributed by atoms with E-state index < -0.39 is 0 Å². The third kappa shape index (κ3) is 3.24. The van der Waals surface area contributed by atoms with Crippen molar-refractivity contribution in [3.63, 3.8) is 0 Å². The molecule has 0 aromatic heterocycles. The summed E-state index contributed by atoms with van der Waals surface area (Å²) in [5.41, 5.74) is 8.57. The van der Waals surface area contributed by atoms with Crippen molar-refractivity contribution in [2.75, 3.05) is 24.5 Å². The van der Waals surface area contributed by atoms with E-state index in [1.807, 2.05) is 12.1 Å². The highest BCUT2D eigenvalue weighted by Crippen LogP contribution is 2.39. The highest BCUT2D eigenvalue weighted by molar-refractivity contribution is 6.33. The first-order valence-corrected chi connectivity index (χ1v) is 7.53. The molecule has 3 heteroatoms. The van der Waals surface area contributed by atoms with Crippen molar-refractivity contribution in [2.45, 2.75) is 33.6 Å². The molecule has 1 aliphatic heterocycles. The van der Waals surface area contributed by atoms with Gasteiger partial charge < -0.3 is 10.6 Å². The first-order valence-electron chi connectivity index (χ1n) is 7.16. The van der Waals surface area contributed by atoms with Gasteiger partial charge in [-0.3, -0.25) is 0 Å². The van der Waals surface area contributed by atoms with Gasteiger partial charge >= 0.3 is 0 Å². The lowest BCUT2D eigenvalue weighted by Crippen LogP contribution is -2.26. The van der Waals surface area contributed by atoms with Gasteiger partial charge in [0.1, 0.15) is 0 Å². The molecule has 0 spiro atoms. The first-order chi connectivity index (χ1) is 8.93. The summed E-state index contributed by atoms with van der Waals surface area (Å²) in [6.45, 7) is 9.86. The maximum Gasteiger partial charge on any atom is 0.0642 e. The highest BCUT2D eigenvalue weighted by Gasteiger charge is 2.33. The number of benzene rings is 1. The van der Waals surface area contributed by atoms with Gasteiger partial charge in [-0.1, -0.05) is 44.5 Å². The molecule has 1 aromatic rings. The first kappa shape index (κ1) is 14.7. The van der Waals surface area contributed by atoms with Crippen LogP contribution in [0.3, 0.4) is 0 Å². The summed E-state index contributed by atoms with van der Waals surface area (Å²) in [5.74, 6) is 0.731. The summed E-state index contributed by atoms with van der Waals surface area (Å²) >= 11 is 6.42. The molecule has 1 heterocycles. The van der Waals surface area contributed by atoms with E-state index in [1.54, 1.807) is 0 Å². The Labute approximate surface area is 121 Å². The fourth-order valence-electron chi connectivity index (χ4n) is 2.94. The summed E-state index contributed by atoms with van der Waals surface area (Å²) in [4.78, 5) is 2.45. The molecule has 2 N–H and O–H groups in total. The third-order valence-corrected chi connectivity index (χ3v) is 4.52. The number of rotatable bonds is 3. The van der Waals surface area contributed by atoms with Gasteiger partial charge in [-0.25, -0.2) is 0 Å². The lowest BCUT2D eigenvalue weighted by Gasteiger charge is -2.28. The Morgan fingerprint density at radius 3 is 2.68 bits per heavy atom. The molecule has 2 nitrogen and oxygen atoms in total. The molecule has 0 amide bonds. The molecule has 19 heavy (non-hydrogen) atoms. The molecule has 2 rings (SSSR count). The van der Waals surface area contributed by atoms with E-state index in [9.17, 15) is 0 Å². The largest absolute Gasteiger partial charge is 0.370 e. The van der Waals surface area contributed by atoms with Gasteiger partial charge in [0.25, 0.3) is 0 Å². The second kappa shape index (κ2) is 5.72. The molecule has 0 radical (unpaired) electrons. The van der Waals surface area contributed by atoms with Gasteiger partial charge in [0.05, 0.1) is 10.7 Å². The molecule has 0 bridgehead atoms. The third-order valence-electron chi connectivity index (χ3n) is 4.21. The van der Waals surface area contributed by atoms with Gasteiger partial charge in [-0.2, -0.15) is 0 Å². The molecule has 1 fully saturated rings. The predicted molar refractivity (Wildman–Crippen MR) is 84.0 cm³/mol. The average Bonchev–Trinajstić information content (AvgIpc) is 2.78. The van der Waals surface area contributed by atoms with Crippen LogP contribution in [0, 0.1) is 11.3 Å². The molecule has 1 aliphatic rings. The van der Waals surface area contributed by atoms with Crippen molar-refractivity contribution >= 4 is 17.3 Å². The van der Waals surface area contributed by atoms with Gasteiger partial charge in [0.2, 0.25) is 0 Å². The van der Waals surface area contributed by atoms with Crippen LogP contribution >= 0.6 is 11.6 Å². The number of hydrogen-bond donors (Lipinski definition) is 1. The van der Waals surface area contributed by atoms with E-state index in [0.29, 0.717) is 12.0 Å². The smallest absolute Gasteiger partial charge is 0.0642 e. The van der Waals surface area contributed by atoms with Crippen molar-refractivity contribution in [1.82, 2.24) is 0 Å². The second-order valence-corrected chi connectivity index (χ2v) is 6.99. The van der Waals surface area contributed by atoms with Crippen LogP contribution in [0.1, 0.15) is 32.8 Å². The number of anilines is 1. The van der Waals surface area contributed by atoms with Gasteiger partial charge in [0.15, 0.2) is 0 Å². The van der Waals surface area contributed by atoms with Crippen LogP contribution in [0.4, 0.5) is 5.69 Å². The minimum absolute atomic E-state index is 0.365. The van der Waals surface area contributed by atoms with Crippen LogP contribution in [0.5, 0.6) is 0 Å². The van der Waals surface area contributed by atoms with Crippen LogP contribution in [0.25, 0.3) is 0 Å².